The number of hydrogen-bond acceptors (Lipinski definition) is 8. The third-order valence-corrected chi connectivity index (χ3v) is 4.00. The summed E-state index contributed by atoms with van der Waals surface area (Å²) in [4.78, 5) is 49.6. The van der Waals surface area contributed by atoms with Crippen LogP contribution in [0.4, 0.5) is 11.6 Å². The van der Waals surface area contributed by atoms with Crippen molar-refractivity contribution in [2.24, 2.45) is 0 Å². The number of benzene rings is 1. The van der Waals surface area contributed by atoms with Crippen LogP contribution in [-0.2, 0) is 11.3 Å². The number of rotatable bonds is 7. The van der Waals surface area contributed by atoms with Gasteiger partial charge in [-0.2, -0.15) is 4.98 Å². The van der Waals surface area contributed by atoms with Crippen LogP contribution in [0.25, 0.3) is 11.2 Å². The lowest BCUT2D eigenvalue weighted by Crippen LogP contribution is -2.40. The van der Waals surface area contributed by atoms with Crippen LogP contribution in [0.2, 0.25) is 0 Å². The Kier molecular flexibility index (Phi) is 5.67. The maximum atomic E-state index is 12.1. The minimum Gasteiger partial charge on any atom is -0.480 e. The Hall–Kier alpha value is -4.02. The van der Waals surface area contributed by atoms with Crippen molar-refractivity contribution in [2.45, 2.75) is 19.0 Å². The predicted molar refractivity (Wildman–Crippen MR) is 105 cm³/mol. The molecule has 1 radical (unpaired) electrons. The number of carbonyl (C=O) groups excluding carboxylic acids is 1. The molecule has 0 fully saturated rings. The van der Waals surface area contributed by atoms with Crippen molar-refractivity contribution in [3.63, 3.8) is 0 Å². The van der Waals surface area contributed by atoms with Crippen molar-refractivity contribution in [1.29, 1.82) is 0 Å². The van der Waals surface area contributed by atoms with Gasteiger partial charge in [-0.05, 0) is 30.7 Å². The molecule has 0 aliphatic rings. The molecule has 11 heteroatoms. The third-order valence-electron chi connectivity index (χ3n) is 4.00. The van der Waals surface area contributed by atoms with E-state index in [1.807, 2.05) is 0 Å². The monoisotopic (exact) mass is 396 g/mol. The fraction of sp³-hybridized carbons (Fsp3) is 0.167. The number of fused-ring (bicyclic) bond motifs is 1. The molecule has 0 bridgehead atoms. The van der Waals surface area contributed by atoms with Gasteiger partial charge in [0.15, 0.2) is 11.2 Å². The SMILES string of the molecule is [CH2]CC(NC(=O)c1ccc(NCc2cnc3nc(N)[nH]c(=O)c3n2)cc1)C(=O)O. The molecule has 2 aromatic heterocycles. The van der Waals surface area contributed by atoms with E-state index in [0.29, 0.717) is 16.9 Å². The van der Waals surface area contributed by atoms with E-state index in [9.17, 15) is 14.4 Å². The fourth-order valence-electron chi connectivity index (χ4n) is 2.49. The Balaban J connectivity index is 1.66. The van der Waals surface area contributed by atoms with Gasteiger partial charge in [-0.15, -0.1) is 0 Å². The number of carbonyl (C=O) groups is 2. The summed E-state index contributed by atoms with van der Waals surface area (Å²) in [7, 11) is 0. The van der Waals surface area contributed by atoms with Crippen LogP contribution in [0.15, 0.2) is 35.3 Å². The molecule has 149 valence electrons. The van der Waals surface area contributed by atoms with Crippen molar-refractivity contribution in [3.05, 3.63) is 59.0 Å². The highest BCUT2D eigenvalue weighted by Gasteiger charge is 2.18. The summed E-state index contributed by atoms with van der Waals surface area (Å²) in [6.07, 6.45) is 1.52. The normalized spacial score (nSPS) is 11.8. The molecule has 2 heterocycles. The molecule has 1 unspecified atom stereocenters. The zero-order valence-corrected chi connectivity index (χ0v) is 15.2. The van der Waals surface area contributed by atoms with Gasteiger partial charge >= 0.3 is 5.97 Å². The minimum atomic E-state index is -1.14. The van der Waals surface area contributed by atoms with Gasteiger partial charge in [-0.3, -0.25) is 14.6 Å². The summed E-state index contributed by atoms with van der Waals surface area (Å²) in [5.41, 5.74) is 6.77. The van der Waals surface area contributed by atoms with Crippen molar-refractivity contribution < 1.29 is 14.7 Å². The van der Waals surface area contributed by atoms with Crippen molar-refractivity contribution in [3.8, 4) is 0 Å². The van der Waals surface area contributed by atoms with Crippen molar-refractivity contribution in [2.75, 3.05) is 11.1 Å². The third kappa shape index (κ3) is 4.64. The zero-order valence-electron chi connectivity index (χ0n) is 15.2. The highest BCUT2D eigenvalue weighted by Crippen LogP contribution is 2.12. The van der Waals surface area contributed by atoms with Gasteiger partial charge in [0.1, 0.15) is 6.04 Å². The van der Waals surface area contributed by atoms with E-state index in [1.54, 1.807) is 24.3 Å². The molecular formula is C18H18N7O4. The van der Waals surface area contributed by atoms with E-state index in [0.717, 1.165) is 0 Å². The van der Waals surface area contributed by atoms with Gasteiger partial charge in [0, 0.05) is 11.3 Å². The Morgan fingerprint density at radius 3 is 2.62 bits per heavy atom. The molecule has 1 atom stereocenters. The van der Waals surface area contributed by atoms with Crippen LogP contribution in [-0.4, -0.2) is 43.0 Å². The van der Waals surface area contributed by atoms with Gasteiger partial charge in [0.05, 0.1) is 18.4 Å². The number of nitrogens with two attached hydrogens (primary N) is 1. The number of carboxylic acids is 1. The van der Waals surface area contributed by atoms with E-state index in [-0.39, 0.29) is 30.1 Å². The molecule has 11 nitrogen and oxygen atoms in total. The Morgan fingerprint density at radius 2 is 1.97 bits per heavy atom. The summed E-state index contributed by atoms with van der Waals surface area (Å²) in [5.74, 6) is -1.67. The van der Waals surface area contributed by atoms with Crippen LogP contribution in [0.5, 0.6) is 0 Å². The highest BCUT2D eigenvalue weighted by molar-refractivity contribution is 5.96. The summed E-state index contributed by atoms with van der Waals surface area (Å²) in [5, 5.41) is 14.5. The quantitative estimate of drug-likeness (QED) is 0.376. The van der Waals surface area contributed by atoms with Crippen LogP contribution in [0, 0.1) is 6.92 Å². The molecular weight excluding hydrogens is 378 g/mol. The number of nitrogens with one attached hydrogen (secondary N) is 3. The van der Waals surface area contributed by atoms with Gasteiger partial charge in [-0.1, -0.05) is 6.92 Å². The first-order valence-electron chi connectivity index (χ1n) is 8.55. The lowest BCUT2D eigenvalue weighted by Gasteiger charge is -2.12. The molecule has 0 saturated carbocycles. The maximum Gasteiger partial charge on any atom is 0.326 e. The molecule has 0 aliphatic heterocycles. The van der Waals surface area contributed by atoms with Crippen molar-refractivity contribution in [1.82, 2.24) is 25.3 Å². The smallest absolute Gasteiger partial charge is 0.326 e. The van der Waals surface area contributed by atoms with E-state index >= 15 is 0 Å². The highest BCUT2D eigenvalue weighted by atomic mass is 16.4. The molecule has 3 rings (SSSR count). The zero-order chi connectivity index (χ0) is 21.0. The number of aromatic nitrogens is 4. The summed E-state index contributed by atoms with van der Waals surface area (Å²) < 4.78 is 0. The summed E-state index contributed by atoms with van der Waals surface area (Å²) in [6.45, 7) is 3.78. The van der Waals surface area contributed by atoms with Crippen LogP contribution < -0.4 is 21.9 Å². The molecule has 0 aliphatic carbocycles. The Labute approximate surface area is 164 Å². The van der Waals surface area contributed by atoms with E-state index in [4.69, 9.17) is 10.8 Å². The van der Waals surface area contributed by atoms with Gasteiger partial charge in [0.2, 0.25) is 5.95 Å². The number of aliphatic carboxylic acids is 1. The largest absolute Gasteiger partial charge is 0.480 e. The lowest BCUT2D eigenvalue weighted by molar-refractivity contribution is -0.139. The van der Waals surface area contributed by atoms with Crippen LogP contribution in [0.3, 0.4) is 0 Å². The number of aromatic amines is 1. The standard InChI is InChI=1S/C18H18N7O4/c1-2-12(17(28)29)23-15(26)9-3-5-10(6-4-9)20-7-11-8-21-14-13(22-11)16(27)25-18(19)24-14/h3-6,8,12,20H,1-2,7H2,(H,23,26)(H,28,29)(H3,19,21,24,25,27). The first-order valence-corrected chi connectivity index (χ1v) is 8.55. The molecule has 0 saturated heterocycles. The topological polar surface area (TPSA) is 176 Å². The van der Waals surface area contributed by atoms with E-state index < -0.39 is 23.5 Å². The predicted octanol–water partition coefficient (Wildman–Crippen LogP) is 0.315. The van der Waals surface area contributed by atoms with Gasteiger partial charge in [0.25, 0.3) is 11.5 Å². The van der Waals surface area contributed by atoms with Gasteiger partial charge < -0.3 is 21.5 Å². The Bertz CT molecular complexity index is 1110. The molecule has 3 aromatic rings. The lowest BCUT2D eigenvalue weighted by atomic mass is 10.1. The van der Waals surface area contributed by atoms with Crippen molar-refractivity contribution >= 4 is 34.7 Å². The molecule has 29 heavy (non-hydrogen) atoms. The average molecular weight is 396 g/mol. The Morgan fingerprint density at radius 1 is 1.24 bits per heavy atom. The number of hydrogen-bond donors (Lipinski definition) is 5. The number of amides is 1. The van der Waals surface area contributed by atoms with E-state index in [2.05, 4.69) is 37.5 Å². The average Bonchev–Trinajstić information content (AvgIpc) is 2.70. The number of nitrogens with zero attached hydrogens (tertiary/aromatic N) is 3. The molecule has 1 amide bonds. The number of nitrogen functional groups attached to an aromatic ring is 1. The molecule has 6 N–H and O–H groups in total. The molecule has 0 spiro atoms. The fourth-order valence-corrected chi connectivity index (χ4v) is 2.49. The first kappa shape index (κ1) is 19.7. The first-order chi connectivity index (χ1) is 13.9. The number of carboxylic acid groups (broad SMARTS) is 1. The second-order valence-corrected chi connectivity index (χ2v) is 6.07. The second kappa shape index (κ2) is 8.33. The summed E-state index contributed by atoms with van der Waals surface area (Å²) in [6, 6.07) is 5.41. The van der Waals surface area contributed by atoms with Crippen LogP contribution >= 0.6 is 0 Å². The number of H-pyrrole nitrogens is 1. The minimum absolute atomic E-state index is 0.0309. The van der Waals surface area contributed by atoms with E-state index in [1.165, 1.54) is 6.20 Å². The van der Waals surface area contributed by atoms with Crippen LogP contribution in [0.1, 0.15) is 22.5 Å². The number of anilines is 2. The molecule has 1 aromatic carbocycles. The summed E-state index contributed by atoms with van der Waals surface area (Å²) >= 11 is 0. The van der Waals surface area contributed by atoms with Gasteiger partial charge in [-0.25, -0.2) is 14.8 Å². The maximum absolute atomic E-state index is 12.1. The second-order valence-electron chi connectivity index (χ2n) is 6.07.